The van der Waals surface area contributed by atoms with Gasteiger partial charge < -0.3 is 15.9 Å². The second-order valence-corrected chi connectivity index (χ2v) is 5.34. The highest BCUT2D eigenvalue weighted by atomic mass is 16.5. The molecule has 0 bridgehead atoms. The molecule has 22 heavy (non-hydrogen) atoms. The predicted molar refractivity (Wildman–Crippen MR) is 84.0 cm³/mol. The predicted octanol–water partition coefficient (Wildman–Crippen LogP) is 2.48. The molecule has 1 heterocycles. The number of benzene rings is 1. The van der Waals surface area contributed by atoms with Crippen molar-refractivity contribution in [1.29, 1.82) is 5.26 Å². The lowest BCUT2D eigenvalue weighted by molar-refractivity contribution is 0.246. The number of likely N-dealkylation sites (N-methyl/N-ethyl adjacent to an activating group) is 1. The van der Waals surface area contributed by atoms with E-state index in [9.17, 15) is 5.26 Å². The zero-order valence-corrected chi connectivity index (χ0v) is 12.4. The molecule has 5 nitrogen and oxygen atoms in total. The van der Waals surface area contributed by atoms with Crippen LogP contribution >= 0.6 is 0 Å². The zero-order chi connectivity index (χ0) is 15.5. The first-order valence-corrected chi connectivity index (χ1v) is 7.22. The lowest BCUT2D eigenvalue weighted by atomic mass is 10.0. The Morgan fingerprint density at radius 3 is 2.77 bits per heavy atom. The minimum atomic E-state index is -0.170. The van der Waals surface area contributed by atoms with Crippen LogP contribution in [0.25, 0.3) is 0 Å². The molecule has 3 rings (SSSR count). The minimum absolute atomic E-state index is 0.170. The van der Waals surface area contributed by atoms with Crippen molar-refractivity contribution in [3.8, 4) is 11.8 Å². The van der Waals surface area contributed by atoms with E-state index in [1.807, 2.05) is 48.5 Å². The van der Waals surface area contributed by atoms with Crippen molar-refractivity contribution < 1.29 is 4.74 Å². The van der Waals surface area contributed by atoms with Crippen molar-refractivity contribution in [2.45, 2.75) is 18.9 Å². The number of allylic oxidation sites excluding steroid dienone is 4. The molecular weight excluding hydrogens is 276 g/mol. The van der Waals surface area contributed by atoms with Gasteiger partial charge in [0.05, 0.1) is 11.6 Å². The number of nitrogens with one attached hydrogen (secondary N) is 1. The Morgan fingerprint density at radius 2 is 2.14 bits per heavy atom. The highest BCUT2D eigenvalue weighted by Crippen LogP contribution is 2.32. The van der Waals surface area contributed by atoms with E-state index in [0.29, 0.717) is 11.4 Å². The summed E-state index contributed by atoms with van der Waals surface area (Å²) in [4.78, 5) is 0. The van der Waals surface area contributed by atoms with Gasteiger partial charge in [-0.25, -0.2) is 5.01 Å². The Hall–Kier alpha value is -2.71. The van der Waals surface area contributed by atoms with E-state index >= 15 is 0 Å². The van der Waals surface area contributed by atoms with Gasteiger partial charge in [-0.2, -0.15) is 5.26 Å². The molecule has 0 fully saturated rings. The van der Waals surface area contributed by atoms with Crippen LogP contribution in [0.5, 0.6) is 5.75 Å². The molecule has 5 heteroatoms. The molecule has 0 aromatic heterocycles. The van der Waals surface area contributed by atoms with Crippen LogP contribution in [-0.4, -0.2) is 12.1 Å². The third-order valence-corrected chi connectivity index (χ3v) is 3.79. The molecule has 1 aromatic rings. The Labute approximate surface area is 129 Å². The summed E-state index contributed by atoms with van der Waals surface area (Å²) < 4.78 is 5.85. The van der Waals surface area contributed by atoms with Crippen LogP contribution in [0.2, 0.25) is 0 Å². The summed E-state index contributed by atoms with van der Waals surface area (Å²) in [6, 6.07) is 9.78. The molecule has 0 spiro atoms. The van der Waals surface area contributed by atoms with Crippen LogP contribution in [0.1, 0.15) is 24.4 Å². The average molecular weight is 294 g/mol. The monoisotopic (exact) mass is 294 g/mol. The first-order chi connectivity index (χ1) is 10.7. The Bertz CT molecular complexity index is 694. The molecule has 0 radical (unpaired) electrons. The van der Waals surface area contributed by atoms with Crippen molar-refractivity contribution in [1.82, 2.24) is 10.4 Å². The number of ether oxygens (including phenoxy) is 1. The molecule has 0 saturated carbocycles. The normalized spacial score (nSPS) is 21.3. The Balaban J connectivity index is 1.78. The first-order valence-electron chi connectivity index (χ1n) is 7.22. The summed E-state index contributed by atoms with van der Waals surface area (Å²) in [5.41, 5.74) is 10.3. The maximum Gasteiger partial charge on any atom is 0.127 e. The zero-order valence-electron chi connectivity index (χ0n) is 12.4. The van der Waals surface area contributed by atoms with E-state index in [1.54, 1.807) is 0 Å². The fraction of sp³-hybridized carbons (Fsp3) is 0.235. The summed E-state index contributed by atoms with van der Waals surface area (Å²) in [6.07, 6.45) is 8.06. The summed E-state index contributed by atoms with van der Waals surface area (Å²) in [7, 11) is 1.87. The van der Waals surface area contributed by atoms with Crippen molar-refractivity contribution in [2.24, 2.45) is 5.73 Å². The summed E-state index contributed by atoms with van der Waals surface area (Å²) >= 11 is 0. The van der Waals surface area contributed by atoms with E-state index in [1.165, 1.54) is 0 Å². The molecule has 1 unspecified atom stereocenters. The van der Waals surface area contributed by atoms with E-state index in [4.69, 9.17) is 10.5 Å². The fourth-order valence-electron chi connectivity index (χ4n) is 2.70. The minimum Gasteiger partial charge on any atom is -0.462 e. The number of hydrazine groups is 1. The first kappa shape index (κ1) is 14.2. The summed E-state index contributed by atoms with van der Waals surface area (Å²) in [6.45, 7) is 0. The second kappa shape index (κ2) is 5.96. The Kier molecular flexibility index (Phi) is 3.86. The number of hydrogen-bond donors (Lipinski definition) is 2. The van der Waals surface area contributed by atoms with E-state index in [2.05, 4.69) is 17.6 Å². The van der Waals surface area contributed by atoms with Crippen LogP contribution in [0, 0.1) is 11.3 Å². The third kappa shape index (κ3) is 2.69. The average Bonchev–Trinajstić information content (AvgIpc) is 2.83. The van der Waals surface area contributed by atoms with Crippen molar-refractivity contribution in [2.75, 3.05) is 7.05 Å². The van der Waals surface area contributed by atoms with Crippen molar-refractivity contribution >= 4 is 0 Å². The highest BCUT2D eigenvalue weighted by molar-refractivity contribution is 5.42. The quantitative estimate of drug-likeness (QED) is 0.896. The number of rotatable bonds is 3. The number of nitriles is 1. The molecular formula is C17H18N4O. The Morgan fingerprint density at radius 1 is 1.36 bits per heavy atom. The number of nitrogens with zero attached hydrogens (tertiary/aromatic N) is 2. The molecule has 0 amide bonds. The lowest BCUT2D eigenvalue weighted by Crippen LogP contribution is -2.32. The van der Waals surface area contributed by atoms with Gasteiger partial charge in [0.25, 0.3) is 0 Å². The summed E-state index contributed by atoms with van der Waals surface area (Å²) in [5, 5.41) is 11.1. The van der Waals surface area contributed by atoms with Gasteiger partial charge in [-0.3, -0.25) is 0 Å². The van der Waals surface area contributed by atoms with Gasteiger partial charge >= 0.3 is 0 Å². The number of nitrogens with two attached hydrogens (primary N) is 1. The fourth-order valence-corrected chi connectivity index (χ4v) is 2.70. The van der Waals surface area contributed by atoms with Crippen molar-refractivity contribution in [3.05, 3.63) is 65.2 Å². The maximum absolute atomic E-state index is 9.26. The van der Waals surface area contributed by atoms with Gasteiger partial charge in [0, 0.05) is 13.5 Å². The molecule has 2 aliphatic rings. The van der Waals surface area contributed by atoms with Crippen LogP contribution in [-0.2, 0) is 0 Å². The lowest BCUT2D eigenvalue weighted by Gasteiger charge is -2.21. The maximum atomic E-state index is 9.26. The highest BCUT2D eigenvalue weighted by Gasteiger charge is 2.30. The van der Waals surface area contributed by atoms with Crippen molar-refractivity contribution in [3.63, 3.8) is 0 Å². The van der Waals surface area contributed by atoms with E-state index < -0.39 is 0 Å². The van der Waals surface area contributed by atoms with E-state index in [0.717, 1.165) is 29.9 Å². The molecule has 1 aliphatic heterocycles. The van der Waals surface area contributed by atoms with Gasteiger partial charge in [0.2, 0.25) is 0 Å². The molecule has 1 atom stereocenters. The second-order valence-electron chi connectivity index (χ2n) is 5.34. The number of hydrogen-bond acceptors (Lipinski definition) is 5. The van der Waals surface area contributed by atoms with Gasteiger partial charge in [0.15, 0.2) is 0 Å². The smallest absolute Gasteiger partial charge is 0.127 e. The van der Waals surface area contributed by atoms with Gasteiger partial charge in [-0.15, -0.1) is 0 Å². The van der Waals surface area contributed by atoms with Gasteiger partial charge in [0.1, 0.15) is 23.4 Å². The van der Waals surface area contributed by atoms with Crippen LogP contribution in [0.15, 0.2) is 59.6 Å². The topological polar surface area (TPSA) is 74.3 Å². The van der Waals surface area contributed by atoms with Gasteiger partial charge in [-0.05, 0) is 30.2 Å². The molecule has 3 N–H and O–H groups in total. The SMILES string of the molecule is CN1NC(N)=C(C#N)C1c1ccc(OC2=CC=CCC2)cc1. The van der Waals surface area contributed by atoms with Gasteiger partial charge in [-0.1, -0.05) is 24.3 Å². The molecule has 1 aliphatic carbocycles. The van der Waals surface area contributed by atoms with Crippen LogP contribution in [0.3, 0.4) is 0 Å². The molecule has 1 aromatic carbocycles. The van der Waals surface area contributed by atoms with E-state index in [-0.39, 0.29) is 6.04 Å². The molecule has 0 saturated heterocycles. The van der Waals surface area contributed by atoms with Crippen LogP contribution < -0.4 is 15.9 Å². The standard InChI is InChI=1S/C17H18N4O/c1-21-16(15(11-18)17(19)20-21)12-7-9-14(10-8-12)22-13-5-3-2-4-6-13/h2-3,5,7-10,16,20H,4,6,19H2,1H3. The molecule has 112 valence electrons. The largest absolute Gasteiger partial charge is 0.462 e. The third-order valence-electron chi connectivity index (χ3n) is 3.79. The van der Waals surface area contributed by atoms with Crippen LogP contribution in [0.4, 0.5) is 0 Å². The summed E-state index contributed by atoms with van der Waals surface area (Å²) in [5.74, 6) is 2.18.